The Bertz CT molecular complexity index is 1040. The van der Waals surface area contributed by atoms with Crippen molar-refractivity contribution < 1.29 is 9.90 Å². The number of rotatable bonds is 6. The molecule has 1 amide bonds. The number of benzene rings is 1. The molecular weight excluding hydrogens is 408 g/mol. The SMILES string of the molecule is CNc1ncc2c(n1)-c1cc(C(=O)NC(CCO)c3ccc(Cl)cc3)sc1CC2. The van der Waals surface area contributed by atoms with Crippen molar-refractivity contribution in [3.05, 3.63) is 62.4 Å². The van der Waals surface area contributed by atoms with Gasteiger partial charge in [-0.15, -0.1) is 11.3 Å². The summed E-state index contributed by atoms with van der Waals surface area (Å²) in [5, 5.41) is 16.1. The topological polar surface area (TPSA) is 87.1 Å². The Morgan fingerprint density at radius 3 is 2.83 bits per heavy atom. The van der Waals surface area contributed by atoms with Gasteiger partial charge >= 0.3 is 0 Å². The lowest BCUT2D eigenvalue weighted by Crippen LogP contribution is -2.28. The van der Waals surface area contributed by atoms with Gasteiger partial charge in [-0.05, 0) is 48.6 Å². The highest BCUT2D eigenvalue weighted by Crippen LogP contribution is 2.38. The van der Waals surface area contributed by atoms with Crippen molar-refractivity contribution in [1.29, 1.82) is 0 Å². The minimum atomic E-state index is -0.283. The van der Waals surface area contributed by atoms with Gasteiger partial charge in [0.15, 0.2) is 0 Å². The molecule has 2 heterocycles. The summed E-state index contributed by atoms with van der Waals surface area (Å²) in [6.07, 6.45) is 4.03. The summed E-state index contributed by atoms with van der Waals surface area (Å²) in [4.78, 5) is 23.7. The minimum absolute atomic E-state index is 0.0222. The van der Waals surface area contributed by atoms with Gasteiger partial charge < -0.3 is 15.7 Å². The number of aliphatic hydroxyl groups is 1. The Morgan fingerprint density at radius 1 is 1.31 bits per heavy atom. The summed E-state index contributed by atoms with van der Waals surface area (Å²) in [5.74, 6) is 0.418. The first-order chi connectivity index (χ1) is 14.1. The quantitative estimate of drug-likeness (QED) is 0.555. The number of halogens is 1. The van der Waals surface area contributed by atoms with Crippen molar-refractivity contribution in [1.82, 2.24) is 15.3 Å². The predicted molar refractivity (Wildman–Crippen MR) is 116 cm³/mol. The Kier molecular flexibility index (Phi) is 5.80. The molecule has 29 heavy (non-hydrogen) atoms. The molecule has 1 aliphatic rings. The van der Waals surface area contributed by atoms with E-state index in [-0.39, 0.29) is 18.6 Å². The average Bonchev–Trinajstić information content (AvgIpc) is 3.18. The van der Waals surface area contributed by atoms with Crippen LogP contribution in [0.4, 0.5) is 5.95 Å². The Morgan fingerprint density at radius 2 is 2.10 bits per heavy atom. The molecule has 8 heteroatoms. The molecule has 0 bridgehead atoms. The molecule has 150 valence electrons. The van der Waals surface area contributed by atoms with E-state index in [9.17, 15) is 9.90 Å². The maximum Gasteiger partial charge on any atom is 0.261 e. The number of aliphatic hydroxyl groups excluding tert-OH is 1. The molecule has 0 saturated heterocycles. The van der Waals surface area contributed by atoms with Gasteiger partial charge in [-0.1, -0.05) is 23.7 Å². The van der Waals surface area contributed by atoms with Crippen LogP contribution in [-0.4, -0.2) is 34.6 Å². The van der Waals surface area contributed by atoms with Gasteiger partial charge in [0, 0.05) is 35.3 Å². The Hall–Kier alpha value is -2.48. The van der Waals surface area contributed by atoms with Gasteiger partial charge in [0.05, 0.1) is 16.6 Å². The lowest BCUT2D eigenvalue weighted by Gasteiger charge is -2.18. The van der Waals surface area contributed by atoms with Crippen molar-refractivity contribution in [2.45, 2.75) is 25.3 Å². The van der Waals surface area contributed by atoms with Crippen LogP contribution in [0.15, 0.2) is 36.5 Å². The number of nitrogens with zero attached hydrogens (tertiary/aromatic N) is 2. The number of carbonyl (C=O) groups is 1. The molecule has 1 aromatic carbocycles. The Labute approximate surface area is 178 Å². The first-order valence-electron chi connectivity index (χ1n) is 9.43. The van der Waals surface area contributed by atoms with Gasteiger partial charge in [0.25, 0.3) is 5.91 Å². The lowest BCUT2D eigenvalue weighted by molar-refractivity contribution is 0.0934. The molecule has 0 spiro atoms. The van der Waals surface area contributed by atoms with Gasteiger partial charge in [0.2, 0.25) is 5.95 Å². The molecule has 0 aliphatic heterocycles. The second-order valence-electron chi connectivity index (χ2n) is 6.85. The van der Waals surface area contributed by atoms with E-state index in [2.05, 4.69) is 20.6 Å². The summed E-state index contributed by atoms with van der Waals surface area (Å²) < 4.78 is 0. The smallest absolute Gasteiger partial charge is 0.261 e. The fourth-order valence-electron chi connectivity index (χ4n) is 3.49. The highest BCUT2D eigenvalue weighted by Gasteiger charge is 2.24. The van der Waals surface area contributed by atoms with Crippen molar-refractivity contribution in [2.75, 3.05) is 19.0 Å². The fraction of sp³-hybridized carbons (Fsp3) is 0.286. The number of aryl methyl sites for hydroxylation is 2. The van der Waals surface area contributed by atoms with E-state index in [0.717, 1.165) is 40.1 Å². The van der Waals surface area contributed by atoms with Crippen LogP contribution < -0.4 is 10.6 Å². The highest BCUT2D eigenvalue weighted by atomic mass is 35.5. The van der Waals surface area contributed by atoms with Crippen molar-refractivity contribution >= 4 is 34.8 Å². The van der Waals surface area contributed by atoms with Crippen LogP contribution in [0.5, 0.6) is 0 Å². The maximum absolute atomic E-state index is 13.0. The van der Waals surface area contributed by atoms with E-state index in [1.165, 1.54) is 11.3 Å². The zero-order valence-electron chi connectivity index (χ0n) is 15.9. The number of amides is 1. The van der Waals surface area contributed by atoms with Crippen molar-refractivity contribution in [3.8, 4) is 11.3 Å². The highest BCUT2D eigenvalue weighted by molar-refractivity contribution is 7.14. The van der Waals surface area contributed by atoms with Crippen LogP contribution in [0, 0.1) is 0 Å². The van der Waals surface area contributed by atoms with Gasteiger partial charge in [-0.2, -0.15) is 0 Å². The summed E-state index contributed by atoms with van der Waals surface area (Å²) >= 11 is 7.47. The van der Waals surface area contributed by atoms with Crippen LogP contribution in [-0.2, 0) is 12.8 Å². The molecule has 4 rings (SSSR count). The average molecular weight is 429 g/mol. The third-order valence-corrected chi connectivity index (χ3v) is 6.44. The molecule has 0 saturated carbocycles. The number of nitrogens with one attached hydrogen (secondary N) is 2. The van der Waals surface area contributed by atoms with Gasteiger partial charge in [-0.3, -0.25) is 4.79 Å². The third-order valence-electron chi connectivity index (χ3n) is 4.99. The molecule has 2 aromatic heterocycles. The molecular formula is C21H21ClN4O2S. The number of anilines is 1. The van der Waals surface area contributed by atoms with Crippen LogP contribution in [0.3, 0.4) is 0 Å². The molecule has 0 radical (unpaired) electrons. The lowest BCUT2D eigenvalue weighted by atomic mass is 9.96. The van der Waals surface area contributed by atoms with Crippen molar-refractivity contribution in [3.63, 3.8) is 0 Å². The molecule has 3 N–H and O–H groups in total. The van der Waals surface area contributed by atoms with E-state index in [0.29, 0.717) is 22.3 Å². The number of thiophene rings is 1. The monoisotopic (exact) mass is 428 g/mol. The standard InChI is InChI=1S/C21H21ClN4O2S/c1-23-21-24-11-13-4-7-17-15(19(13)26-21)10-18(29-17)20(28)25-16(8-9-27)12-2-5-14(22)6-3-12/h2-3,5-6,10-11,16,27H,4,7-9H2,1H3,(H,25,28)(H,23,24,26). The van der Waals surface area contributed by atoms with Crippen LogP contribution >= 0.6 is 22.9 Å². The number of fused-ring (bicyclic) bond motifs is 3. The largest absolute Gasteiger partial charge is 0.396 e. The molecule has 0 fully saturated rings. The molecule has 6 nitrogen and oxygen atoms in total. The van der Waals surface area contributed by atoms with Crippen molar-refractivity contribution in [2.24, 2.45) is 0 Å². The van der Waals surface area contributed by atoms with E-state index >= 15 is 0 Å². The molecule has 1 aliphatic carbocycles. The maximum atomic E-state index is 13.0. The molecule has 1 atom stereocenters. The summed E-state index contributed by atoms with van der Waals surface area (Å²) in [6, 6.07) is 8.94. The first-order valence-corrected chi connectivity index (χ1v) is 10.6. The number of carbonyl (C=O) groups excluding carboxylic acids is 1. The van der Waals surface area contributed by atoms with Crippen LogP contribution in [0.25, 0.3) is 11.3 Å². The zero-order valence-corrected chi connectivity index (χ0v) is 17.5. The fourth-order valence-corrected chi connectivity index (χ4v) is 4.68. The molecule has 1 unspecified atom stereocenters. The first kappa shape index (κ1) is 19.8. The number of hydrogen-bond acceptors (Lipinski definition) is 6. The van der Waals surface area contributed by atoms with Gasteiger partial charge in [-0.25, -0.2) is 9.97 Å². The zero-order chi connectivity index (χ0) is 20.4. The summed E-state index contributed by atoms with van der Waals surface area (Å²) in [5.41, 5.74) is 3.91. The van der Waals surface area contributed by atoms with Gasteiger partial charge in [0.1, 0.15) is 0 Å². The van der Waals surface area contributed by atoms with Crippen LogP contribution in [0.1, 0.15) is 38.1 Å². The normalized spacial score (nSPS) is 13.3. The predicted octanol–water partition coefficient (Wildman–Crippen LogP) is 3.85. The van der Waals surface area contributed by atoms with Crippen LogP contribution in [0.2, 0.25) is 5.02 Å². The number of hydrogen-bond donors (Lipinski definition) is 3. The van der Waals surface area contributed by atoms with E-state index in [1.807, 2.05) is 24.4 Å². The summed E-state index contributed by atoms with van der Waals surface area (Å²) in [6.45, 7) is -0.0222. The second-order valence-corrected chi connectivity index (χ2v) is 8.43. The van der Waals surface area contributed by atoms with E-state index in [1.54, 1.807) is 19.2 Å². The minimum Gasteiger partial charge on any atom is -0.396 e. The summed E-state index contributed by atoms with van der Waals surface area (Å²) in [7, 11) is 1.79. The number of aromatic nitrogens is 2. The van der Waals surface area contributed by atoms with E-state index < -0.39 is 0 Å². The van der Waals surface area contributed by atoms with E-state index in [4.69, 9.17) is 11.6 Å². The third kappa shape index (κ3) is 4.12. The molecule has 3 aromatic rings. The Balaban J connectivity index is 1.60. The second kappa shape index (κ2) is 8.49.